The third-order valence-corrected chi connectivity index (χ3v) is 2.22. The Labute approximate surface area is 80.1 Å². The number of halogens is 3. The Morgan fingerprint density at radius 1 is 1.50 bits per heavy atom. The molecule has 0 atom stereocenters. The molecule has 4 heteroatoms. The predicted molar refractivity (Wildman–Crippen MR) is 51.2 cm³/mol. The maximum Gasteiger partial charge on any atom is 0.160 e. The normalized spacial score (nSPS) is 9.90. The van der Waals surface area contributed by atoms with Crippen LogP contribution in [0.15, 0.2) is 16.6 Å². The first-order valence-corrected chi connectivity index (χ1v) is 4.38. The second kappa shape index (κ2) is 3.04. The smallest absolute Gasteiger partial charge is 0.160 e. The van der Waals surface area contributed by atoms with Gasteiger partial charge in [0.15, 0.2) is 5.82 Å². The summed E-state index contributed by atoms with van der Waals surface area (Å²) in [7, 11) is 0. The van der Waals surface area contributed by atoms with Crippen molar-refractivity contribution in [2.75, 3.05) is 5.73 Å². The number of nitrogen functional groups attached to an aromatic ring is 1. The fourth-order valence-electron chi connectivity index (χ4n) is 0.576. The Balaban J connectivity index is 3.31. The number of nitrogens with two attached hydrogens (primary N) is 1. The van der Waals surface area contributed by atoms with E-state index in [1.165, 1.54) is 0 Å². The van der Waals surface area contributed by atoms with Crippen LogP contribution >= 0.6 is 38.5 Å². The molecule has 0 fully saturated rings. The maximum atomic E-state index is 12.7. The lowest BCUT2D eigenvalue weighted by atomic mass is 10.3. The van der Waals surface area contributed by atoms with Crippen molar-refractivity contribution in [1.82, 2.24) is 0 Å². The molecule has 0 aliphatic carbocycles. The van der Waals surface area contributed by atoms with Crippen molar-refractivity contribution in [2.24, 2.45) is 0 Å². The van der Waals surface area contributed by atoms with Crippen LogP contribution in [0.1, 0.15) is 0 Å². The van der Waals surface area contributed by atoms with E-state index in [1.807, 2.05) is 0 Å². The second-order valence-electron chi connectivity index (χ2n) is 1.79. The van der Waals surface area contributed by atoms with Gasteiger partial charge in [0.1, 0.15) is 0 Å². The Morgan fingerprint density at radius 3 is 2.60 bits per heavy atom. The van der Waals surface area contributed by atoms with Gasteiger partial charge in [0.25, 0.3) is 0 Å². The molecule has 1 nitrogen and oxygen atoms in total. The topological polar surface area (TPSA) is 26.0 Å². The molecule has 0 spiro atoms. The molecular formula is C6H4BrFIN. The number of hydrogen-bond acceptors (Lipinski definition) is 1. The minimum Gasteiger partial charge on any atom is -0.396 e. The van der Waals surface area contributed by atoms with Gasteiger partial charge in [-0.2, -0.15) is 0 Å². The molecule has 0 saturated carbocycles. The van der Waals surface area contributed by atoms with Crippen molar-refractivity contribution in [1.29, 1.82) is 0 Å². The minimum atomic E-state index is -0.389. The molecule has 1 aromatic carbocycles. The van der Waals surface area contributed by atoms with Gasteiger partial charge in [0, 0.05) is 3.57 Å². The van der Waals surface area contributed by atoms with Crippen molar-refractivity contribution in [3.63, 3.8) is 0 Å². The van der Waals surface area contributed by atoms with Gasteiger partial charge in [-0.15, -0.1) is 0 Å². The summed E-state index contributed by atoms with van der Waals surface area (Å²) in [6, 6.07) is 3.26. The minimum absolute atomic E-state index is 0.179. The van der Waals surface area contributed by atoms with Crippen LogP contribution in [-0.4, -0.2) is 0 Å². The van der Waals surface area contributed by atoms with Crippen LogP contribution in [0.25, 0.3) is 0 Å². The van der Waals surface area contributed by atoms with Gasteiger partial charge < -0.3 is 5.73 Å². The molecule has 0 aliphatic rings. The van der Waals surface area contributed by atoms with Crippen molar-refractivity contribution in [3.05, 3.63) is 26.0 Å². The van der Waals surface area contributed by atoms with Gasteiger partial charge in [0.2, 0.25) is 0 Å². The third kappa shape index (κ3) is 1.60. The SMILES string of the molecule is Nc1cc(I)cc(Br)c1F. The highest BCUT2D eigenvalue weighted by atomic mass is 127. The summed E-state index contributed by atoms with van der Waals surface area (Å²) in [6.07, 6.45) is 0. The van der Waals surface area contributed by atoms with E-state index in [0.717, 1.165) is 3.57 Å². The fourth-order valence-corrected chi connectivity index (χ4v) is 2.13. The molecule has 2 N–H and O–H groups in total. The molecule has 10 heavy (non-hydrogen) atoms. The highest BCUT2D eigenvalue weighted by molar-refractivity contribution is 14.1. The summed E-state index contributed by atoms with van der Waals surface area (Å²) in [5.41, 5.74) is 5.49. The Hall–Kier alpha value is 0.160. The van der Waals surface area contributed by atoms with Gasteiger partial charge in [-0.25, -0.2) is 4.39 Å². The lowest BCUT2D eigenvalue weighted by Gasteiger charge is -1.98. The molecule has 0 unspecified atom stereocenters. The zero-order valence-electron chi connectivity index (χ0n) is 4.87. The molecule has 0 radical (unpaired) electrons. The average Bonchev–Trinajstić information content (AvgIpc) is 1.82. The monoisotopic (exact) mass is 315 g/mol. The van der Waals surface area contributed by atoms with Gasteiger partial charge in [-0.3, -0.25) is 0 Å². The molecule has 0 bridgehead atoms. The first-order chi connectivity index (χ1) is 4.61. The molecule has 1 rings (SSSR count). The van der Waals surface area contributed by atoms with E-state index < -0.39 is 0 Å². The first kappa shape index (κ1) is 8.26. The Kier molecular flexibility index (Phi) is 2.51. The van der Waals surface area contributed by atoms with Crippen molar-refractivity contribution >= 4 is 44.2 Å². The van der Waals surface area contributed by atoms with E-state index in [2.05, 4.69) is 38.5 Å². The molecule has 0 amide bonds. The zero-order valence-corrected chi connectivity index (χ0v) is 8.61. The highest BCUT2D eigenvalue weighted by Gasteiger charge is 2.03. The van der Waals surface area contributed by atoms with E-state index in [1.54, 1.807) is 12.1 Å². The number of anilines is 1. The van der Waals surface area contributed by atoms with E-state index >= 15 is 0 Å². The van der Waals surface area contributed by atoms with E-state index in [9.17, 15) is 4.39 Å². The van der Waals surface area contributed by atoms with Crippen LogP contribution in [0.5, 0.6) is 0 Å². The average molecular weight is 316 g/mol. The standard InChI is InChI=1S/C6H4BrFIN/c7-4-1-3(9)2-5(10)6(4)8/h1-2H,10H2. The van der Waals surface area contributed by atoms with E-state index in [0.29, 0.717) is 4.47 Å². The number of rotatable bonds is 0. The zero-order chi connectivity index (χ0) is 7.72. The summed E-state index contributed by atoms with van der Waals surface area (Å²) in [5.74, 6) is -0.389. The summed E-state index contributed by atoms with van der Waals surface area (Å²) < 4.78 is 14.1. The highest BCUT2D eigenvalue weighted by Crippen LogP contribution is 2.23. The predicted octanol–water partition coefficient (Wildman–Crippen LogP) is 2.78. The molecule has 54 valence electrons. The van der Waals surface area contributed by atoms with E-state index in [-0.39, 0.29) is 11.5 Å². The third-order valence-electron chi connectivity index (χ3n) is 1.02. The Bertz CT molecular complexity index is 241. The van der Waals surface area contributed by atoms with Crippen LogP contribution < -0.4 is 5.73 Å². The lowest BCUT2D eigenvalue weighted by molar-refractivity contribution is 0.625. The number of benzene rings is 1. The molecule has 0 saturated heterocycles. The van der Waals surface area contributed by atoms with Crippen LogP contribution in [0, 0.1) is 9.39 Å². The van der Waals surface area contributed by atoms with Crippen LogP contribution in [0.2, 0.25) is 0 Å². The maximum absolute atomic E-state index is 12.7. The van der Waals surface area contributed by atoms with Gasteiger partial charge in [0.05, 0.1) is 10.2 Å². The summed E-state index contributed by atoms with van der Waals surface area (Å²) in [6.45, 7) is 0. The summed E-state index contributed by atoms with van der Waals surface area (Å²) in [5, 5.41) is 0. The molecule has 0 heterocycles. The quantitative estimate of drug-likeness (QED) is 0.445. The van der Waals surface area contributed by atoms with Gasteiger partial charge in [-0.05, 0) is 50.7 Å². The van der Waals surface area contributed by atoms with Crippen molar-refractivity contribution < 1.29 is 4.39 Å². The Morgan fingerprint density at radius 2 is 2.10 bits per heavy atom. The van der Waals surface area contributed by atoms with Crippen LogP contribution in [0.4, 0.5) is 10.1 Å². The van der Waals surface area contributed by atoms with Gasteiger partial charge >= 0.3 is 0 Å². The first-order valence-electron chi connectivity index (χ1n) is 2.51. The molecule has 0 aromatic heterocycles. The molecule has 0 aliphatic heterocycles. The van der Waals surface area contributed by atoms with Crippen molar-refractivity contribution in [2.45, 2.75) is 0 Å². The molecule has 1 aromatic rings. The lowest BCUT2D eigenvalue weighted by Crippen LogP contribution is -1.91. The van der Waals surface area contributed by atoms with Crippen LogP contribution in [-0.2, 0) is 0 Å². The van der Waals surface area contributed by atoms with Crippen molar-refractivity contribution in [3.8, 4) is 0 Å². The molecular weight excluding hydrogens is 312 g/mol. The summed E-state index contributed by atoms with van der Waals surface area (Å²) >= 11 is 5.11. The summed E-state index contributed by atoms with van der Waals surface area (Å²) in [4.78, 5) is 0. The number of hydrogen-bond donors (Lipinski definition) is 1. The fraction of sp³-hybridized carbons (Fsp3) is 0. The van der Waals surface area contributed by atoms with E-state index in [4.69, 9.17) is 5.73 Å². The van der Waals surface area contributed by atoms with Crippen LogP contribution in [0.3, 0.4) is 0 Å². The largest absolute Gasteiger partial charge is 0.396 e. The van der Waals surface area contributed by atoms with Gasteiger partial charge in [-0.1, -0.05) is 0 Å². The second-order valence-corrected chi connectivity index (χ2v) is 3.89.